The van der Waals surface area contributed by atoms with Crippen molar-refractivity contribution in [3.05, 3.63) is 70.2 Å². The largest absolute Gasteiger partial charge is 0.355 e. The number of hydrogen-bond acceptors (Lipinski definition) is 6. The van der Waals surface area contributed by atoms with E-state index in [9.17, 15) is 9.18 Å². The van der Waals surface area contributed by atoms with Crippen LogP contribution in [0.3, 0.4) is 0 Å². The van der Waals surface area contributed by atoms with E-state index >= 15 is 0 Å². The highest BCUT2D eigenvalue weighted by molar-refractivity contribution is 7.09. The highest BCUT2D eigenvalue weighted by Gasteiger charge is 2.12. The predicted octanol–water partition coefficient (Wildman–Crippen LogP) is 3.14. The Morgan fingerprint density at radius 3 is 2.93 bits per heavy atom. The molecule has 7 nitrogen and oxygen atoms in total. The highest BCUT2D eigenvalue weighted by atomic mass is 32.1. The van der Waals surface area contributed by atoms with E-state index in [0.29, 0.717) is 24.6 Å². The van der Waals surface area contributed by atoms with Gasteiger partial charge in [0.1, 0.15) is 11.5 Å². The van der Waals surface area contributed by atoms with Crippen LogP contribution >= 0.6 is 11.3 Å². The van der Waals surface area contributed by atoms with Gasteiger partial charge in [0.25, 0.3) is 5.91 Å². The van der Waals surface area contributed by atoms with Crippen molar-refractivity contribution in [2.45, 2.75) is 13.0 Å². The summed E-state index contributed by atoms with van der Waals surface area (Å²) in [6.45, 7) is 0.652. The second kappa shape index (κ2) is 8.13. The molecule has 9 heteroatoms. The van der Waals surface area contributed by atoms with Crippen LogP contribution < -0.4 is 10.6 Å². The zero-order valence-corrected chi connectivity index (χ0v) is 15.6. The van der Waals surface area contributed by atoms with Gasteiger partial charge in [-0.05, 0) is 24.3 Å². The number of para-hydroxylation sites is 2. The highest BCUT2D eigenvalue weighted by Crippen LogP contribution is 2.14. The molecule has 0 aliphatic rings. The maximum absolute atomic E-state index is 13.6. The van der Waals surface area contributed by atoms with E-state index in [4.69, 9.17) is 0 Å². The molecule has 28 heavy (non-hydrogen) atoms. The van der Waals surface area contributed by atoms with Gasteiger partial charge in [0.15, 0.2) is 0 Å². The van der Waals surface area contributed by atoms with Crippen molar-refractivity contribution < 1.29 is 9.18 Å². The number of aromatic amines is 1. The molecule has 0 spiro atoms. The molecule has 142 valence electrons. The van der Waals surface area contributed by atoms with Crippen LogP contribution in [0.15, 0.2) is 48.0 Å². The SMILES string of the molecule is O=C(NCc1ncccc1F)c1csc(CCNc2nc3ccccc3[nH]2)n1. The number of hydrogen-bond donors (Lipinski definition) is 3. The second-order valence-electron chi connectivity index (χ2n) is 6.02. The first-order valence-electron chi connectivity index (χ1n) is 8.69. The van der Waals surface area contributed by atoms with Gasteiger partial charge >= 0.3 is 0 Å². The minimum atomic E-state index is -0.446. The van der Waals surface area contributed by atoms with E-state index in [2.05, 4.69) is 30.6 Å². The number of carbonyl (C=O) groups excluding carboxylic acids is 1. The van der Waals surface area contributed by atoms with Crippen molar-refractivity contribution >= 4 is 34.2 Å². The number of imidazole rings is 1. The standard InChI is InChI=1S/C19H17FN6OS/c20-12-4-3-8-21-15(12)10-23-18(27)16-11-28-17(24-16)7-9-22-19-25-13-5-1-2-6-14(13)26-19/h1-6,8,11H,7,9-10H2,(H,23,27)(H2,22,25,26). The third-order valence-corrected chi connectivity index (χ3v) is 4.96. The number of halogens is 1. The van der Waals surface area contributed by atoms with Crippen molar-refractivity contribution in [2.75, 3.05) is 11.9 Å². The van der Waals surface area contributed by atoms with Crippen LogP contribution in [0.1, 0.15) is 21.2 Å². The third kappa shape index (κ3) is 4.15. The fraction of sp³-hybridized carbons (Fsp3) is 0.158. The van der Waals surface area contributed by atoms with Crippen LogP contribution in [-0.2, 0) is 13.0 Å². The van der Waals surface area contributed by atoms with Crippen molar-refractivity contribution in [3.63, 3.8) is 0 Å². The Balaban J connectivity index is 1.29. The van der Waals surface area contributed by atoms with Crippen LogP contribution in [0.2, 0.25) is 0 Å². The lowest BCUT2D eigenvalue weighted by Crippen LogP contribution is -2.24. The van der Waals surface area contributed by atoms with Crippen LogP contribution in [0.4, 0.5) is 10.3 Å². The number of carbonyl (C=O) groups is 1. The molecule has 0 saturated heterocycles. The van der Waals surface area contributed by atoms with Gasteiger partial charge in [-0.3, -0.25) is 9.78 Å². The average Bonchev–Trinajstić information content (AvgIpc) is 3.34. The maximum atomic E-state index is 13.6. The molecular weight excluding hydrogens is 379 g/mol. The molecule has 0 radical (unpaired) electrons. The van der Waals surface area contributed by atoms with Gasteiger partial charge in [-0.1, -0.05) is 12.1 Å². The Hall–Kier alpha value is -3.33. The number of rotatable bonds is 7. The van der Waals surface area contributed by atoms with Crippen molar-refractivity contribution in [1.29, 1.82) is 0 Å². The number of H-pyrrole nitrogens is 1. The van der Waals surface area contributed by atoms with Crippen LogP contribution in [0, 0.1) is 5.82 Å². The topological polar surface area (TPSA) is 95.6 Å². The summed E-state index contributed by atoms with van der Waals surface area (Å²) in [6, 6.07) is 10.6. The van der Waals surface area contributed by atoms with Gasteiger partial charge in [-0.15, -0.1) is 11.3 Å². The Morgan fingerprint density at radius 1 is 1.18 bits per heavy atom. The number of nitrogens with zero attached hydrogens (tertiary/aromatic N) is 3. The molecule has 0 aliphatic carbocycles. The number of anilines is 1. The summed E-state index contributed by atoms with van der Waals surface area (Å²) in [5.41, 5.74) is 2.39. The number of thiazole rings is 1. The number of pyridine rings is 1. The van der Waals surface area contributed by atoms with Crippen molar-refractivity contribution in [3.8, 4) is 0 Å². The fourth-order valence-corrected chi connectivity index (χ4v) is 3.44. The molecule has 3 heterocycles. The van der Waals surface area contributed by atoms with Crippen LogP contribution in [0.5, 0.6) is 0 Å². The summed E-state index contributed by atoms with van der Waals surface area (Å²) in [6.07, 6.45) is 2.14. The van der Waals surface area contributed by atoms with Gasteiger partial charge in [0, 0.05) is 24.5 Å². The average molecular weight is 396 g/mol. The Kier molecular flexibility index (Phi) is 5.24. The summed E-state index contributed by atoms with van der Waals surface area (Å²) in [4.78, 5) is 28.1. The number of amides is 1. The zero-order valence-electron chi connectivity index (χ0n) is 14.8. The normalized spacial score (nSPS) is 10.9. The third-order valence-electron chi connectivity index (χ3n) is 4.06. The molecular formula is C19H17FN6OS. The van der Waals surface area contributed by atoms with E-state index in [1.807, 2.05) is 24.3 Å². The van der Waals surface area contributed by atoms with Crippen molar-refractivity contribution in [2.24, 2.45) is 0 Å². The molecule has 3 aromatic heterocycles. The Morgan fingerprint density at radius 2 is 2.07 bits per heavy atom. The zero-order chi connectivity index (χ0) is 19.3. The first kappa shape index (κ1) is 18.1. The number of benzene rings is 1. The molecule has 1 amide bonds. The molecule has 4 rings (SSSR count). The first-order chi connectivity index (χ1) is 13.7. The minimum Gasteiger partial charge on any atom is -0.355 e. The van der Waals surface area contributed by atoms with Gasteiger partial charge in [-0.25, -0.2) is 14.4 Å². The molecule has 0 bridgehead atoms. The summed E-state index contributed by atoms with van der Waals surface area (Å²) < 4.78 is 13.6. The minimum absolute atomic E-state index is 0.0198. The quantitative estimate of drug-likeness (QED) is 0.446. The molecule has 4 aromatic rings. The van der Waals surface area contributed by atoms with Crippen molar-refractivity contribution in [1.82, 2.24) is 25.3 Å². The predicted molar refractivity (Wildman–Crippen MR) is 106 cm³/mol. The molecule has 0 atom stereocenters. The van der Waals surface area contributed by atoms with E-state index in [1.54, 1.807) is 5.38 Å². The van der Waals surface area contributed by atoms with Crippen LogP contribution in [-0.4, -0.2) is 32.4 Å². The molecule has 0 aliphatic heterocycles. The molecule has 0 saturated carbocycles. The molecule has 3 N–H and O–H groups in total. The summed E-state index contributed by atoms with van der Waals surface area (Å²) in [5.74, 6) is -0.0932. The van der Waals surface area contributed by atoms with Gasteiger partial charge in [0.05, 0.1) is 28.3 Å². The smallest absolute Gasteiger partial charge is 0.271 e. The van der Waals surface area contributed by atoms with E-state index in [0.717, 1.165) is 16.0 Å². The number of aromatic nitrogens is 4. The summed E-state index contributed by atoms with van der Waals surface area (Å²) in [5, 5.41) is 8.39. The van der Waals surface area contributed by atoms with E-state index in [-0.39, 0.29) is 18.1 Å². The number of fused-ring (bicyclic) bond motifs is 1. The van der Waals surface area contributed by atoms with E-state index in [1.165, 1.54) is 29.7 Å². The summed E-state index contributed by atoms with van der Waals surface area (Å²) >= 11 is 1.41. The monoisotopic (exact) mass is 396 g/mol. The maximum Gasteiger partial charge on any atom is 0.271 e. The molecule has 0 fully saturated rings. The van der Waals surface area contributed by atoms with Crippen LogP contribution in [0.25, 0.3) is 11.0 Å². The first-order valence-corrected chi connectivity index (χ1v) is 9.57. The lowest BCUT2D eigenvalue weighted by Gasteiger charge is -2.03. The van der Waals surface area contributed by atoms with E-state index < -0.39 is 5.82 Å². The van der Waals surface area contributed by atoms with Gasteiger partial charge in [-0.2, -0.15) is 0 Å². The lowest BCUT2D eigenvalue weighted by molar-refractivity contribution is 0.0945. The number of nitrogens with one attached hydrogen (secondary N) is 3. The fourth-order valence-electron chi connectivity index (χ4n) is 2.66. The van der Waals surface area contributed by atoms with Gasteiger partial charge < -0.3 is 15.6 Å². The second-order valence-corrected chi connectivity index (χ2v) is 6.96. The molecule has 0 unspecified atom stereocenters. The Labute approximate surface area is 164 Å². The van der Waals surface area contributed by atoms with Gasteiger partial charge in [0.2, 0.25) is 5.95 Å². The Bertz CT molecular complexity index is 1080. The molecule has 1 aromatic carbocycles. The lowest BCUT2D eigenvalue weighted by atomic mass is 10.3. The summed E-state index contributed by atoms with van der Waals surface area (Å²) in [7, 11) is 0.